The summed E-state index contributed by atoms with van der Waals surface area (Å²) in [5, 5.41) is 0. The number of fused-ring (bicyclic) bond motifs is 1. The molecule has 0 bridgehead atoms. The number of methoxy groups -OCH3 is 1. The molecule has 25 heavy (non-hydrogen) atoms. The van der Waals surface area contributed by atoms with E-state index in [-0.39, 0.29) is 10.8 Å². The fourth-order valence-corrected chi connectivity index (χ4v) is 3.77. The third-order valence-corrected chi connectivity index (χ3v) is 5.21. The lowest BCUT2D eigenvalue weighted by atomic mass is 9.94. The number of rotatable bonds is 3. The zero-order chi connectivity index (χ0) is 17.4. The van der Waals surface area contributed by atoms with Crippen LogP contribution in [0.25, 0.3) is 5.76 Å². The number of aromatic nitrogens is 1. The van der Waals surface area contributed by atoms with Crippen molar-refractivity contribution in [2.45, 2.75) is 12.8 Å². The van der Waals surface area contributed by atoms with Gasteiger partial charge in [0.1, 0.15) is 11.5 Å². The van der Waals surface area contributed by atoms with E-state index in [1.807, 2.05) is 48.5 Å². The summed E-state index contributed by atoms with van der Waals surface area (Å²) < 4.78 is 11.2. The van der Waals surface area contributed by atoms with Crippen LogP contribution in [0, 0.1) is 6.92 Å². The molecule has 0 amide bonds. The van der Waals surface area contributed by atoms with Gasteiger partial charge in [-0.15, -0.1) is 0 Å². The summed E-state index contributed by atoms with van der Waals surface area (Å²) in [5.41, 5.74) is 3.27. The van der Waals surface area contributed by atoms with Gasteiger partial charge in [-0.1, -0.05) is 53.3 Å². The molecule has 0 saturated heterocycles. The Morgan fingerprint density at radius 3 is 2.48 bits per heavy atom. The Morgan fingerprint density at radius 2 is 1.80 bits per heavy atom. The van der Waals surface area contributed by atoms with Gasteiger partial charge in [0, 0.05) is 11.5 Å². The maximum atomic E-state index is 11.9. The van der Waals surface area contributed by atoms with Crippen LogP contribution in [-0.4, -0.2) is 12.1 Å². The van der Waals surface area contributed by atoms with Crippen LogP contribution in [0.15, 0.2) is 59.4 Å². The molecule has 126 valence electrons. The smallest absolute Gasteiger partial charge is 0.307 e. The number of ether oxygens (including phenoxy) is 2. The van der Waals surface area contributed by atoms with Gasteiger partial charge in [-0.25, -0.2) is 0 Å². The van der Waals surface area contributed by atoms with Gasteiger partial charge in [0.25, 0.3) is 0 Å². The highest BCUT2D eigenvalue weighted by atomic mass is 32.1. The van der Waals surface area contributed by atoms with Crippen LogP contribution in [0.3, 0.4) is 0 Å². The quantitative estimate of drug-likeness (QED) is 0.765. The number of nitrogens with one attached hydrogen (secondary N) is 1. The van der Waals surface area contributed by atoms with Crippen molar-refractivity contribution in [3.8, 4) is 11.6 Å². The molecule has 2 aromatic carbocycles. The van der Waals surface area contributed by atoms with Crippen molar-refractivity contribution in [2.75, 3.05) is 7.11 Å². The summed E-state index contributed by atoms with van der Waals surface area (Å²) in [4.78, 5) is 15.5. The largest absolute Gasteiger partial charge is 0.497 e. The van der Waals surface area contributed by atoms with Gasteiger partial charge in [0.2, 0.25) is 5.88 Å². The van der Waals surface area contributed by atoms with Crippen molar-refractivity contribution in [1.82, 2.24) is 4.98 Å². The number of hydrogen-bond donors (Lipinski definition) is 1. The third-order valence-electron chi connectivity index (χ3n) is 4.27. The normalized spacial score (nSPS) is 15.9. The van der Waals surface area contributed by atoms with Crippen molar-refractivity contribution in [3.05, 3.63) is 85.8 Å². The number of aryl methyl sites for hydroxylation is 1. The predicted octanol–water partition coefficient (Wildman–Crippen LogP) is 4.32. The molecule has 1 aromatic heterocycles. The summed E-state index contributed by atoms with van der Waals surface area (Å²) >= 11 is 1.19. The molecule has 0 saturated carbocycles. The maximum absolute atomic E-state index is 11.9. The molecule has 1 N–H and O–H groups in total. The molecule has 1 aliphatic heterocycles. The molecule has 1 unspecified atom stereocenters. The molecule has 3 aromatic rings. The second kappa shape index (κ2) is 6.26. The first-order valence-corrected chi connectivity index (χ1v) is 8.79. The average Bonchev–Trinajstić information content (AvgIpc) is 3.01. The van der Waals surface area contributed by atoms with Crippen LogP contribution in [0.4, 0.5) is 0 Å². The van der Waals surface area contributed by atoms with Crippen molar-refractivity contribution < 1.29 is 9.47 Å². The van der Waals surface area contributed by atoms with Crippen LogP contribution in [0.2, 0.25) is 0 Å². The molecule has 0 spiro atoms. The molecule has 0 fully saturated rings. The molecular weight excluding hydrogens is 334 g/mol. The van der Waals surface area contributed by atoms with Crippen molar-refractivity contribution in [2.24, 2.45) is 0 Å². The fraction of sp³-hybridized carbons (Fsp3) is 0.150. The highest BCUT2D eigenvalue weighted by Crippen LogP contribution is 2.41. The second-order valence-corrected chi connectivity index (χ2v) is 6.97. The van der Waals surface area contributed by atoms with Crippen molar-refractivity contribution in [1.29, 1.82) is 0 Å². The summed E-state index contributed by atoms with van der Waals surface area (Å²) in [6.07, 6.45) is 2.07. The average molecular weight is 351 g/mol. The van der Waals surface area contributed by atoms with Crippen LogP contribution in [0.1, 0.15) is 27.5 Å². The first-order chi connectivity index (χ1) is 12.1. The zero-order valence-electron chi connectivity index (χ0n) is 13.9. The Morgan fingerprint density at radius 1 is 1.08 bits per heavy atom. The maximum Gasteiger partial charge on any atom is 0.307 e. The van der Waals surface area contributed by atoms with E-state index >= 15 is 0 Å². The molecule has 0 aliphatic carbocycles. The lowest BCUT2D eigenvalue weighted by Crippen LogP contribution is -2.09. The minimum atomic E-state index is -0.109. The number of benzene rings is 2. The van der Waals surface area contributed by atoms with E-state index in [2.05, 4.69) is 18.0 Å². The first kappa shape index (κ1) is 15.7. The Bertz CT molecular complexity index is 981. The van der Waals surface area contributed by atoms with E-state index in [0.29, 0.717) is 5.88 Å². The molecule has 4 nitrogen and oxygen atoms in total. The molecule has 0 radical (unpaired) electrons. The van der Waals surface area contributed by atoms with Gasteiger partial charge >= 0.3 is 4.87 Å². The second-order valence-electron chi connectivity index (χ2n) is 5.96. The van der Waals surface area contributed by atoms with Crippen LogP contribution >= 0.6 is 11.3 Å². The van der Waals surface area contributed by atoms with Gasteiger partial charge in [-0.3, -0.25) is 9.78 Å². The highest BCUT2D eigenvalue weighted by Gasteiger charge is 2.27. The van der Waals surface area contributed by atoms with E-state index < -0.39 is 0 Å². The Balaban J connectivity index is 1.80. The Labute approximate surface area is 149 Å². The molecular formula is C20H17NO3S. The lowest BCUT2D eigenvalue weighted by molar-refractivity contribution is 0.414. The van der Waals surface area contributed by atoms with Gasteiger partial charge < -0.3 is 9.47 Å². The first-order valence-electron chi connectivity index (χ1n) is 7.98. The fourth-order valence-electron chi connectivity index (χ4n) is 2.91. The van der Waals surface area contributed by atoms with E-state index in [1.165, 1.54) is 16.9 Å². The van der Waals surface area contributed by atoms with Crippen LogP contribution < -0.4 is 14.3 Å². The summed E-state index contributed by atoms with van der Waals surface area (Å²) in [5.74, 6) is 2.06. The van der Waals surface area contributed by atoms with Crippen LogP contribution in [0.5, 0.6) is 11.6 Å². The van der Waals surface area contributed by atoms with E-state index in [0.717, 1.165) is 27.5 Å². The lowest BCUT2D eigenvalue weighted by Gasteiger charge is -2.22. The minimum Gasteiger partial charge on any atom is -0.497 e. The van der Waals surface area contributed by atoms with E-state index in [1.54, 1.807) is 7.11 Å². The molecule has 1 aliphatic rings. The summed E-state index contributed by atoms with van der Waals surface area (Å²) in [6.45, 7) is 2.05. The Kier molecular flexibility index (Phi) is 3.93. The minimum absolute atomic E-state index is 0.0325. The summed E-state index contributed by atoms with van der Waals surface area (Å²) in [7, 11) is 1.65. The van der Waals surface area contributed by atoms with Gasteiger partial charge in [0.05, 0.1) is 12.0 Å². The van der Waals surface area contributed by atoms with Crippen molar-refractivity contribution >= 4 is 17.1 Å². The number of aromatic amines is 1. The topological polar surface area (TPSA) is 51.3 Å². The van der Waals surface area contributed by atoms with E-state index in [4.69, 9.17) is 9.47 Å². The number of H-pyrrole nitrogens is 1. The van der Waals surface area contributed by atoms with E-state index in [9.17, 15) is 4.79 Å². The Hall–Kier alpha value is -2.79. The standard InChI is InChI=1S/C20H17NO3S/c1-12-3-5-14(6-4-12)17-11-16(13-7-9-15(23-2)10-8-13)18-19(24-17)21-20(22)25-18/h3-11,16H,1-2H3,(H,21,22). The SMILES string of the molecule is COc1ccc(C2C=C(c3ccc(C)cc3)Oc3[nH]c(=O)sc32)cc1. The van der Waals surface area contributed by atoms with Crippen LogP contribution in [-0.2, 0) is 0 Å². The molecule has 4 rings (SSSR count). The molecule has 2 heterocycles. The molecule has 5 heteroatoms. The number of hydrogen-bond acceptors (Lipinski definition) is 4. The van der Waals surface area contributed by atoms with Gasteiger partial charge in [-0.2, -0.15) is 0 Å². The summed E-state index contributed by atoms with van der Waals surface area (Å²) in [6, 6.07) is 16.1. The zero-order valence-corrected chi connectivity index (χ0v) is 14.7. The van der Waals surface area contributed by atoms with Crippen molar-refractivity contribution in [3.63, 3.8) is 0 Å². The predicted molar refractivity (Wildman–Crippen MR) is 99.6 cm³/mol. The number of allylic oxidation sites excluding steroid dienone is 1. The highest BCUT2D eigenvalue weighted by molar-refractivity contribution is 7.09. The number of thiazole rings is 1. The van der Waals surface area contributed by atoms with Gasteiger partial charge in [0.15, 0.2) is 0 Å². The monoisotopic (exact) mass is 351 g/mol. The van der Waals surface area contributed by atoms with Gasteiger partial charge in [-0.05, 0) is 30.7 Å². The third kappa shape index (κ3) is 2.98. The molecule has 1 atom stereocenters.